The first-order valence-electron chi connectivity index (χ1n) is 12.0. The van der Waals surface area contributed by atoms with Crippen molar-refractivity contribution in [1.29, 1.82) is 0 Å². The molecule has 162 valence electrons. The molecule has 2 aliphatic rings. The first kappa shape index (κ1) is 17.8. The van der Waals surface area contributed by atoms with E-state index in [1.54, 1.807) is 0 Å². The van der Waals surface area contributed by atoms with Crippen LogP contribution in [0, 0.1) is 0 Å². The molecule has 35 heavy (non-hydrogen) atoms. The third kappa shape index (κ3) is 2.15. The van der Waals surface area contributed by atoms with Gasteiger partial charge in [-0.3, -0.25) is 14.4 Å². The maximum Gasteiger partial charge on any atom is 0.146 e. The fourth-order valence-corrected chi connectivity index (χ4v) is 6.48. The molecule has 4 nitrogen and oxygen atoms in total. The van der Waals surface area contributed by atoms with Gasteiger partial charge in [0.2, 0.25) is 0 Å². The third-order valence-electron chi connectivity index (χ3n) is 7.99. The minimum Gasteiger partial charge on any atom is -0.289 e. The van der Waals surface area contributed by atoms with E-state index in [1.165, 1.54) is 44.5 Å². The molecule has 0 saturated carbocycles. The second kappa shape index (κ2) is 6.10. The Balaban J connectivity index is 1.38. The Labute approximate surface area is 200 Å². The van der Waals surface area contributed by atoms with Crippen molar-refractivity contribution in [2.45, 2.75) is 12.8 Å². The quantitative estimate of drug-likeness (QED) is 0.243. The van der Waals surface area contributed by atoms with E-state index in [9.17, 15) is 0 Å². The molecule has 4 aromatic heterocycles. The number of benzene rings is 3. The molecule has 0 radical (unpaired) electrons. The minimum atomic E-state index is 0.956. The van der Waals surface area contributed by atoms with E-state index >= 15 is 0 Å². The molecule has 4 heteroatoms. The summed E-state index contributed by atoms with van der Waals surface area (Å²) in [6.45, 7) is 0. The predicted octanol–water partition coefficient (Wildman–Crippen LogP) is 6.73. The zero-order valence-electron chi connectivity index (χ0n) is 18.8. The van der Waals surface area contributed by atoms with E-state index in [0.29, 0.717) is 0 Å². The topological polar surface area (TPSA) is 43.1 Å². The van der Waals surface area contributed by atoms with Gasteiger partial charge in [-0.15, -0.1) is 0 Å². The van der Waals surface area contributed by atoms with Crippen LogP contribution >= 0.6 is 0 Å². The van der Waals surface area contributed by atoms with Crippen LogP contribution in [-0.4, -0.2) is 19.4 Å². The van der Waals surface area contributed by atoms with Gasteiger partial charge < -0.3 is 0 Å². The highest BCUT2D eigenvalue weighted by Gasteiger charge is 2.28. The van der Waals surface area contributed by atoms with E-state index in [4.69, 9.17) is 9.97 Å². The number of aromatic nitrogens is 4. The van der Waals surface area contributed by atoms with Gasteiger partial charge in [0.1, 0.15) is 5.65 Å². The van der Waals surface area contributed by atoms with Crippen molar-refractivity contribution >= 4 is 38.5 Å². The van der Waals surface area contributed by atoms with Crippen LogP contribution in [-0.2, 0) is 12.8 Å². The van der Waals surface area contributed by atoms with Crippen molar-refractivity contribution in [2.24, 2.45) is 0 Å². The molecule has 0 fully saturated rings. The molecule has 0 aliphatic heterocycles. The molecule has 4 heterocycles. The van der Waals surface area contributed by atoms with Gasteiger partial charge in [0.15, 0.2) is 0 Å². The number of hydrogen-bond donors (Lipinski definition) is 0. The van der Waals surface area contributed by atoms with Crippen LogP contribution in [0.1, 0.15) is 22.3 Å². The van der Waals surface area contributed by atoms with Crippen LogP contribution in [0.2, 0.25) is 0 Å². The first-order valence-corrected chi connectivity index (χ1v) is 12.0. The molecule has 0 saturated heterocycles. The van der Waals surface area contributed by atoms with Crippen LogP contribution in [0.3, 0.4) is 0 Å². The fourth-order valence-electron chi connectivity index (χ4n) is 6.48. The third-order valence-corrected chi connectivity index (χ3v) is 7.99. The summed E-state index contributed by atoms with van der Waals surface area (Å²) in [6.07, 6.45) is 7.58. The summed E-state index contributed by atoms with van der Waals surface area (Å²) in [6, 6.07) is 24.3. The standard InChI is InChI=1S/C31H18N4/c1-2-5-19-17(4-1)12-23-20(19)7-8-21-22-15-25-26(14-18(22)13-24(21)23)31-34-27-9-11-32-16-29(27)35(31)28-6-3-10-33-30(25)28/h1-11,14-16H,12-13H2. The lowest BCUT2D eigenvalue weighted by Gasteiger charge is -2.11. The average molecular weight is 447 g/mol. The van der Waals surface area contributed by atoms with E-state index in [-0.39, 0.29) is 0 Å². The number of rotatable bonds is 0. The predicted molar refractivity (Wildman–Crippen MR) is 140 cm³/mol. The lowest BCUT2D eigenvalue weighted by atomic mass is 9.96. The van der Waals surface area contributed by atoms with Crippen LogP contribution < -0.4 is 0 Å². The van der Waals surface area contributed by atoms with Gasteiger partial charge in [0.25, 0.3) is 0 Å². The zero-order valence-corrected chi connectivity index (χ0v) is 18.8. The van der Waals surface area contributed by atoms with E-state index in [1.807, 2.05) is 30.7 Å². The van der Waals surface area contributed by atoms with Crippen molar-refractivity contribution in [3.63, 3.8) is 0 Å². The number of nitrogens with zero attached hydrogens (tertiary/aromatic N) is 4. The summed E-state index contributed by atoms with van der Waals surface area (Å²) in [5, 5.41) is 2.31. The Bertz CT molecular complexity index is 2070. The molecule has 0 N–H and O–H groups in total. The van der Waals surface area contributed by atoms with Crippen LogP contribution in [0.15, 0.2) is 85.3 Å². The summed E-state index contributed by atoms with van der Waals surface area (Å²) >= 11 is 0. The molecule has 0 spiro atoms. The van der Waals surface area contributed by atoms with Gasteiger partial charge in [-0.2, -0.15) is 0 Å². The smallest absolute Gasteiger partial charge is 0.146 e. The Kier molecular flexibility index (Phi) is 3.11. The molecule has 0 bridgehead atoms. The zero-order chi connectivity index (χ0) is 22.7. The minimum absolute atomic E-state index is 0.956. The molecule has 3 aromatic carbocycles. The lowest BCUT2D eigenvalue weighted by Crippen LogP contribution is -1.94. The van der Waals surface area contributed by atoms with Gasteiger partial charge in [0.05, 0.1) is 28.3 Å². The van der Waals surface area contributed by atoms with Crippen molar-refractivity contribution in [1.82, 2.24) is 19.4 Å². The Hall–Kier alpha value is -4.57. The van der Waals surface area contributed by atoms with Crippen molar-refractivity contribution in [3.05, 3.63) is 108 Å². The molecule has 7 aromatic rings. The lowest BCUT2D eigenvalue weighted by molar-refractivity contribution is 1.16. The largest absolute Gasteiger partial charge is 0.289 e. The van der Waals surface area contributed by atoms with Gasteiger partial charge in [-0.25, -0.2) is 4.98 Å². The van der Waals surface area contributed by atoms with Crippen molar-refractivity contribution < 1.29 is 0 Å². The summed E-state index contributed by atoms with van der Waals surface area (Å²) in [5.41, 5.74) is 16.3. The molecule has 0 atom stereocenters. The van der Waals surface area contributed by atoms with Crippen molar-refractivity contribution in [2.75, 3.05) is 0 Å². The maximum absolute atomic E-state index is 5.05. The molecule has 9 rings (SSSR count). The highest BCUT2D eigenvalue weighted by Crippen LogP contribution is 2.48. The summed E-state index contributed by atoms with van der Waals surface area (Å²) in [4.78, 5) is 14.3. The molecule has 0 amide bonds. The van der Waals surface area contributed by atoms with Crippen molar-refractivity contribution in [3.8, 4) is 22.3 Å². The van der Waals surface area contributed by atoms with E-state index in [0.717, 1.165) is 51.3 Å². The molecule has 2 aliphatic carbocycles. The Morgan fingerprint density at radius 3 is 2.46 bits per heavy atom. The van der Waals surface area contributed by atoms with Gasteiger partial charge in [-0.05, 0) is 87.7 Å². The maximum atomic E-state index is 5.05. The normalized spacial score (nSPS) is 13.5. The number of pyridine rings is 3. The molecular formula is C31H18N4. The highest BCUT2D eigenvalue weighted by molar-refractivity contribution is 6.14. The summed E-state index contributed by atoms with van der Waals surface area (Å²) < 4.78 is 2.22. The Morgan fingerprint density at radius 2 is 1.51 bits per heavy atom. The summed E-state index contributed by atoms with van der Waals surface area (Å²) in [5.74, 6) is 0. The SMILES string of the molecule is c1ccc2c(c1)Cc1c-2ccc2c1Cc1cc3c(cc1-2)c1ncccc1n1c2cnccc2nc31. The van der Waals surface area contributed by atoms with Gasteiger partial charge >= 0.3 is 0 Å². The first-order chi connectivity index (χ1) is 17.3. The van der Waals surface area contributed by atoms with Crippen LogP contribution in [0.25, 0.3) is 60.7 Å². The van der Waals surface area contributed by atoms with Gasteiger partial charge in [-0.1, -0.05) is 36.4 Å². The Morgan fingerprint density at radius 1 is 0.657 bits per heavy atom. The van der Waals surface area contributed by atoms with E-state index < -0.39 is 0 Å². The van der Waals surface area contributed by atoms with Gasteiger partial charge in [0, 0.05) is 23.2 Å². The monoisotopic (exact) mass is 446 g/mol. The second-order valence-electron chi connectivity index (χ2n) is 9.69. The fraction of sp³-hybridized carbons (Fsp3) is 0.0645. The average Bonchev–Trinajstić information content (AvgIpc) is 3.59. The van der Waals surface area contributed by atoms with Crippen LogP contribution in [0.4, 0.5) is 0 Å². The summed E-state index contributed by atoms with van der Waals surface area (Å²) in [7, 11) is 0. The van der Waals surface area contributed by atoms with Crippen LogP contribution in [0.5, 0.6) is 0 Å². The second-order valence-corrected chi connectivity index (χ2v) is 9.69. The number of fused-ring (bicyclic) bond motifs is 15. The number of hydrogen-bond acceptors (Lipinski definition) is 3. The van der Waals surface area contributed by atoms with E-state index in [2.05, 4.69) is 64.0 Å². The molecular weight excluding hydrogens is 428 g/mol. The highest BCUT2D eigenvalue weighted by atomic mass is 15.0. The number of imidazole rings is 1. The molecule has 0 unspecified atom stereocenters.